The van der Waals surface area contributed by atoms with E-state index in [1.165, 1.54) is 0 Å². The zero-order chi connectivity index (χ0) is 4.99. The molecule has 1 heteroatoms. The summed E-state index contributed by atoms with van der Waals surface area (Å²) in [5, 5.41) is 0. The normalized spacial score (nSPS) is 12.8. The van der Waals surface area contributed by atoms with Crippen molar-refractivity contribution < 1.29 is 4.79 Å². The van der Waals surface area contributed by atoms with Crippen LogP contribution in [0.4, 0.5) is 0 Å². The highest BCUT2D eigenvalue weighted by atomic mass is 16.1. The van der Waals surface area contributed by atoms with E-state index in [1.54, 1.807) is 19.3 Å². The Morgan fingerprint density at radius 3 is 2.50 bits per heavy atom. The quantitative estimate of drug-likeness (QED) is 0.454. The van der Waals surface area contributed by atoms with Crippen molar-refractivity contribution in [1.82, 2.24) is 0 Å². The fraction of sp³-hybridized carbons (Fsp3) is 0.400. The summed E-state index contributed by atoms with van der Waals surface area (Å²) in [5.74, 6) is -0.106. The summed E-state index contributed by atoms with van der Waals surface area (Å²) in [7, 11) is 0. The standard InChI is InChI=1S/C5H7O/c1-3-5(2)4-6/h3,5H,1H2,2H3. The summed E-state index contributed by atoms with van der Waals surface area (Å²) in [5.41, 5.74) is 0. The molecule has 0 aliphatic rings. The molecule has 1 atom stereocenters. The molecule has 0 rings (SSSR count). The number of hydrogen-bond acceptors (Lipinski definition) is 1. The van der Waals surface area contributed by atoms with Gasteiger partial charge < -0.3 is 0 Å². The zero-order valence-electron chi connectivity index (χ0n) is 3.77. The smallest absolute Gasteiger partial charge is 0.205 e. The van der Waals surface area contributed by atoms with Crippen molar-refractivity contribution in [3.63, 3.8) is 0 Å². The predicted molar refractivity (Wildman–Crippen MR) is 25.1 cm³/mol. The first-order chi connectivity index (χ1) is 2.81. The fourth-order valence-corrected chi connectivity index (χ4v) is 0.0481. The summed E-state index contributed by atoms with van der Waals surface area (Å²) >= 11 is 0. The van der Waals surface area contributed by atoms with Gasteiger partial charge in [0.15, 0.2) is 0 Å². The molecule has 1 radical (unpaired) electrons. The maximum atomic E-state index is 9.54. The summed E-state index contributed by atoms with van der Waals surface area (Å²) in [4.78, 5) is 9.54. The Kier molecular flexibility index (Phi) is 2.38. The topological polar surface area (TPSA) is 17.1 Å². The lowest BCUT2D eigenvalue weighted by Gasteiger charge is -1.81. The van der Waals surface area contributed by atoms with E-state index in [9.17, 15) is 4.79 Å². The lowest BCUT2D eigenvalue weighted by Crippen LogP contribution is -1.85. The molecule has 0 bridgehead atoms. The van der Waals surface area contributed by atoms with Crippen molar-refractivity contribution in [3.8, 4) is 0 Å². The Labute approximate surface area is 37.7 Å². The maximum Gasteiger partial charge on any atom is 0.205 e. The van der Waals surface area contributed by atoms with Crippen molar-refractivity contribution in [2.24, 2.45) is 5.92 Å². The molecule has 0 fully saturated rings. The van der Waals surface area contributed by atoms with E-state index in [-0.39, 0.29) is 5.92 Å². The molecule has 0 aliphatic heterocycles. The molecule has 0 saturated heterocycles. The summed E-state index contributed by atoms with van der Waals surface area (Å²) in [6.45, 7) is 5.11. The van der Waals surface area contributed by atoms with Gasteiger partial charge in [-0.1, -0.05) is 13.0 Å². The minimum Gasteiger partial charge on any atom is -0.290 e. The molecule has 0 aromatic rings. The van der Waals surface area contributed by atoms with Crippen LogP contribution in [0.15, 0.2) is 12.7 Å². The number of hydrogen-bond donors (Lipinski definition) is 0. The van der Waals surface area contributed by atoms with Crippen LogP contribution in [0.2, 0.25) is 0 Å². The largest absolute Gasteiger partial charge is 0.290 e. The van der Waals surface area contributed by atoms with Crippen LogP contribution in [0.1, 0.15) is 6.92 Å². The first kappa shape index (κ1) is 5.41. The number of allylic oxidation sites excluding steroid dienone is 1. The van der Waals surface area contributed by atoms with Gasteiger partial charge in [0.05, 0.1) is 0 Å². The van der Waals surface area contributed by atoms with Crippen molar-refractivity contribution in [2.45, 2.75) is 6.92 Å². The average molecular weight is 83.1 g/mol. The van der Waals surface area contributed by atoms with Crippen molar-refractivity contribution in [1.29, 1.82) is 0 Å². The monoisotopic (exact) mass is 83.0 g/mol. The molecule has 0 spiro atoms. The van der Waals surface area contributed by atoms with Crippen LogP contribution < -0.4 is 0 Å². The first-order valence-electron chi connectivity index (χ1n) is 1.81. The Balaban J connectivity index is 3.21. The SMILES string of the molecule is C=CC(C)[C]=O. The molecule has 0 saturated carbocycles. The van der Waals surface area contributed by atoms with Crippen LogP contribution in [0.3, 0.4) is 0 Å². The molecule has 1 unspecified atom stereocenters. The summed E-state index contributed by atoms with van der Waals surface area (Å²) in [6, 6.07) is 0. The third-order valence-electron chi connectivity index (χ3n) is 0.539. The van der Waals surface area contributed by atoms with Gasteiger partial charge in [0, 0.05) is 5.92 Å². The fourth-order valence-electron chi connectivity index (χ4n) is 0.0481. The highest BCUT2D eigenvalue weighted by molar-refractivity contribution is 5.56. The Morgan fingerprint density at radius 2 is 2.50 bits per heavy atom. The molecular formula is C5H7O. The molecule has 6 heavy (non-hydrogen) atoms. The van der Waals surface area contributed by atoms with Crippen LogP contribution in [-0.4, -0.2) is 6.29 Å². The van der Waals surface area contributed by atoms with E-state index in [0.717, 1.165) is 0 Å². The molecule has 0 aliphatic carbocycles. The Hall–Kier alpha value is -0.590. The average Bonchev–Trinajstić information content (AvgIpc) is 1.65. The van der Waals surface area contributed by atoms with Gasteiger partial charge in [-0.15, -0.1) is 6.58 Å². The van der Waals surface area contributed by atoms with Crippen LogP contribution >= 0.6 is 0 Å². The van der Waals surface area contributed by atoms with Gasteiger partial charge in [-0.05, 0) is 0 Å². The van der Waals surface area contributed by atoms with E-state index in [1.807, 2.05) is 0 Å². The van der Waals surface area contributed by atoms with Crippen LogP contribution in [0, 0.1) is 5.92 Å². The van der Waals surface area contributed by atoms with Crippen LogP contribution in [-0.2, 0) is 4.79 Å². The molecule has 0 N–H and O–H groups in total. The van der Waals surface area contributed by atoms with Gasteiger partial charge in [-0.25, -0.2) is 0 Å². The van der Waals surface area contributed by atoms with Gasteiger partial charge in [0.25, 0.3) is 0 Å². The number of carbonyl (C=O) groups excluding carboxylic acids is 1. The van der Waals surface area contributed by atoms with Gasteiger partial charge in [0.2, 0.25) is 6.29 Å². The van der Waals surface area contributed by atoms with E-state index >= 15 is 0 Å². The van der Waals surface area contributed by atoms with Gasteiger partial charge in [0.1, 0.15) is 0 Å². The maximum absolute atomic E-state index is 9.54. The second-order valence-electron chi connectivity index (χ2n) is 1.14. The third kappa shape index (κ3) is 1.70. The molecule has 0 aromatic carbocycles. The van der Waals surface area contributed by atoms with Crippen molar-refractivity contribution >= 4 is 6.29 Å². The summed E-state index contributed by atoms with van der Waals surface area (Å²) < 4.78 is 0. The molecule has 0 heterocycles. The van der Waals surface area contributed by atoms with Crippen molar-refractivity contribution in [2.75, 3.05) is 0 Å². The van der Waals surface area contributed by atoms with Crippen LogP contribution in [0.5, 0.6) is 0 Å². The van der Waals surface area contributed by atoms with Crippen molar-refractivity contribution in [3.05, 3.63) is 12.7 Å². The molecule has 1 nitrogen and oxygen atoms in total. The molecule has 33 valence electrons. The lowest BCUT2D eigenvalue weighted by atomic mass is 10.2. The van der Waals surface area contributed by atoms with Gasteiger partial charge in [-0.2, -0.15) is 0 Å². The summed E-state index contributed by atoms with van der Waals surface area (Å²) in [6.07, 6.45) is 3.30. The lowest BCUT2D eigenvalue weighted by molar-refractivity contribution is 0.543. The minimum atomic E-state index is -0.106. The van der Waals surface area contributed by atoms with E-state index in [4.69, 9.17) is 0 Å². The van der Waals surface area contributed by atoms with E-state index in [0.29, 0.717) is 0 Å². The highest BCUT2D eigenvalue weighted by Crippen LogP contribution is 1.84. The first-order valence-corrected chi connectivity index (χ1v) is 1.81. The Bertz CT molecular complexity index is 49.0. The van der Waals surface area contributed by atoms with E-state index < -0.39 is 0 Å². The second-order valence-corrected chi connectivity index (χ2v) is 1.14. The molecule has 0 amide bonds. The highest BCUT2D eigenvalue weighted by Gasteiger charge is 1.86. The molecular weight excluding hydrogens is 76.1 g/mol. The third-order valence-corrected chi connectivity index (χ3v) is 0.539. The van der Waals surface area contributed by atoms with Gasteiger partial charge in [-0.3, -0.25) is 4.79 Å². The minimum absolute atomic E-state index is 0.106. The second kappa shape index (κ2) is 2.64. The number of rotatable bonds is 2. The van der Waals surface area contributed by atoms with E-state index in [2.05, 4.69) is 6.58 Å². The predicted octanol–water partition coefficient (Wildman–Crippen LogP) is 0.918. The Morgan fingerprint density at radius 1 is 2.00 bits per heavy atom. The van der Waals surface area contributed by atoms with Gasteiger partial charge >= 0.3 is 0 Å². The zero-order valence-corrected chi connectivity index (χ0v) is 3.77. The van der Waals surface area contributed by atoms with Crippen LogP contribution in [0.25, 0.3) is 0 Å². The molecule has 0 aromatic heterocycles.